The molecule has 1 aromatic heterocycles. The molecule has 1 aliphatic carbocycles. The van der Waals surface area contributed by atoms with Gasteiger partial charge in [0.2, 0.25) is 0 Å². The molecule has 4 heteroatoms. The highest BCUT2D eigenvalue weighted by Gasteiger charge is 2.23. The molecular formula is C16H18N2OS. The monoisotopic (exact) mass is 286 g/mol. The van der Waals surface area contributed by atoms with Crippen molar-refractivity contribution in [1.82, 2.24) is 10.6 Å². The van der Waals surface area contributed by atoms with Gasteiger partial charge in [0.15, 0.2) is 0 Å². The van der Waals surface area contributed by atoms with E-state index in [-0.39, 0.29) is 12.1 Å². The van der Waals surface area contributed by atoms with Crippen LogP contribution >= 0.6 is 11.3 Å². The van der Waals surface area contributed by atoms with Crippen molar-refractivity contribution in [2.75, 3.05) is 6.54 Å². The van der Waals surface area contributed by atoms with Gasteiger partial charge in [0.05, 0.1) is 6.04 Å². The van der Waals surface area contributed by atoms with Crippen LogP contribution in [0.4, 0.5) is 4.79 Å². The molecule has 20 heavy (non-hydrogen) atoms. The number of thiophene rings is 1. The van der Waals surface area contributed by atoms with Gasteiger partial charge in [-0.3, -0.25) is 0 Å². The van der Waals surface area contributed by atoms with Crippen molar-refractivity contribution in [3.63, 3.8) is 0 Å². The zero-order valence-electron chi connectivity index (χ0n) is 11.2. The molecule has 1 heterocycles. The molecule has 2 amide bonds. The first-order chi connectivity index (χ1) is 9.83. The van der Waals surface area contributed by atoms with E-state index in [1.807, 2.05) is 41.8 Å². The highest BCUT2D eigenvalue weighted by Crippen LogP contribution is 2.28. The Labute approximate surface area is 123 Å². The van der Waals surface area contributed by atoms with Gasteiger partial charge in [-0.2, -0.15) is 0 Å². The van der Waals surface area contributed by atoms with Crippen molar-refractivity contribution in [2.45, 2.75) is 18.9 Å². The third-order valence-corrected chi connectivity index (χ3v) is 4.42. The van der Waals surface area contributed by atoms with E-state index < -0.39 is 0 Å². The molecule has 1 fully saturated rings. The first kappa shape index (κ1) is 13.2. The summed E-state index contributed by atoms with van der Waals surface area (Å²) in [7, 11) is 0. The SMILES string of the molecule is O=C(NCC1CC1)NC(c1ccccc1)c1cccs1. The highest BCUT2D eigenvalue weighted by molar-refractivity contribution is 7.10. The molecule has 3 nitrogen and oxygen atoms in total. The highest BCUT2D eigenvalue weighted by atomic mass is 32.1. The number of urea groups is 1. The minimum absolute atomic E-state index is 0.0737. The lowest BCUT2D eigenvalue weighted by molar-refractivity contribution is 0.238. The first-order valence-corrected chi connectivity index (χ1v) is 7.83. The molecule has 0 radical (unpaired) electrons. The maximum absolute atomic E-state index is 12.0. The third-order valence-electron chi connectivity index (χ3n) is 3.48. The van der Waals surface area contributed by atoms with E-state index in [1.54, 1.807) is 11.3 Å². The smallest absolute Gasteiger partial charge is 0.315 e. The second kappa shape index (κ2) is 6.09. The average molecular weight is 286 g/mol. The lowest BCUT2D eigenvalue weighted by Gasteiger charge is -2.18. The average Bonchev–Trinajstić information content (AvgIpc) is 3.16. The molecule has 0 spiro atoms. The molecule has 2 aromatic rings. The number of nitrogens with one attached hydrogen (secondary N) is 2. The standard InChI is InChI=1S/C16H18N2OS/c19-16(17-11-12-8-9-12)18-15(14-7-4-10-20-14)13-5-2-1-3-6-13/h1-7,10,12,15H,8-9,11H2,(H2,17,18,19). The summed E-state index contributed by atoms with van der Waals surface area (Å²) in [6.07, 6.45) is 2.49. The van der Waals surface area contributed by atoms with Crippen LogP contribution in [0, 0.1) is 5.92 Å². The Kier molecular flexibility index (Phi) is 4.02. The van der Waals surface area contributed by atoms with Gasteiger partial charge in [-0.1, -0.05) is 36.4 Å². The normalized spacial score (nSPS) is 15.6. The van der Waals surface area contributed by atoms with Crippen molar-refractivity contribution in [3.05, 3.63) is 58.3 Å². The van der Waals surface area contributed by atoms with E-state index in [2.05, 4.69) is 16.7 Å². The maximum Gasteiger partial charge on any atom is 0.315 e. The van der Waals surface area contributed by atoms with Crippen LogP contribution in [-0.2, 0) is 0 Å². The number of benzene rings is 1. The minimum Gasteiger partial charge on any atom is -0.338 e. The predicted octanol–water partition coefficient (Wildman–Crippen LogP) is 3.55. The molecule has 1 unspecified atom stereocenters. The van der Waals surface area contributed by atoms with E-state index in [9.17, 15) is 4.79 Å². The van der Waals surface area contributed by atoms with Crippen molar-refractivity contribution < 1.29 is 4.79 Å². The number of carbonyl (C=O) groups excluding carboxylic acids is 1. The van der Waals surface area contributed by atoms with Crippen molar-refractivity contribution in [2.24, 2.45) is 5.92 Å². The topological polar surface area (TPSA) is 41.1 Å². The van der Waals surface area contributed by atoms with E-state index in [1.165, 1.54) is 12.8 Å². The van der Waals surface area contributed by atoms with Gasteiger partial charge < -0.3 is 10.6 Å². The molecule has 0 saturated heterocycles. The van der Waals surface area contributed by atoms with Gasteiger partial charge in [-0.15, -0.1) is 11.3 Å². The van der Waals surface area contributed by atoms with Gasteiger partial charge in [0.1, 0.15) is 0 Å². The lowest BCUT2D eigenvalue weighted by Crippen LogP contribution is -2.39. The van der Waals surface area contributed by atoms with Crippen molar-refractivity contribution in [1.29, 1.82) is 0 Å². The van der Waals surface area contributed by atoms with Crippen LogP contribution in [-0.4, -0.2) is 12.6 Å². The molecule has 2 N–H and O–H groups in total. The van der Waals surface area contributed by atoms with E-state index in [0.717, 1.165) is 17.0 Å². The Morgan fingerprint density at radius 2 is 2.00 bits per heavy atom. The molecule has 3 rings (SSSR count). The molecule has 1 aliphatic rings. The van der Waals surface area contributed by atoms with Gasteiger partial charge in [0.25, 0.3) is 0 Å². The fourth-order valence-corrected chi connectivity index (χ4v) is 2.96. The van der Waals surface area contributed by atoms with Crippen molar-refractivity contribution in [3.8, 4) is 0 Å². The van der Waals surface area contributed by atoms with Crippen LogP contribution in [0.3, 0.4) is 0 Å². The Bertz CT molecular complexity index is 549. The summed E-state index contributed by atoms with van der Waals surface area (Å²) in [6.45, 7) is 0.789. The minimum atomic E-state index is -0.0841. The summed E-state index contributed by atoms with van der Waals surface area (Å²) in [6, 6.07) is 14.0. The zero-order valence-corrected chi connectivity index (χ0v) is 12.0. The predicted molar refractivity (Wildman–Crippen MR) is 81.9 cm³/mol. The Morgan fingerprint density at radius 1 is 1.20 bits per heavy atom. The summed E-state index contributed by atoms with van der Waals surface area (Å²) in [5.74, 6) is 0.692. The number of hydrogen-bond acceptors (Lipinski definition) is 2. The van der Waals surface area contributed by atoms with E-state index in [4.69, 9.17) is 0 Å². The summed E-state index contributed by atoms with van der Waals surface area (Å²) < 4.78 is 0. The van der Waals surface area contributed by atoms with E-state index in [0.29, 0.717) is 5.92 Å². The lowest BCUT2D eigenvalue weighted by atomic mass is 10.1. The molecule has 104 valence electrons. The summed E-state index contributed by atoms with van der Waals surface area (Å²) in [5, 5.41) is 8.08. The van der Waals surface area contributed by atoms with Crippen LogP contribution in [0.2, 0.25) is 0 Å². The van der Waals surface area contributed by atoms with Crippen LogP contribution < -0.4 is 10.6 Å². The molecular weight excluding hydrogens is 268 g/mol. The van der Waals surface area contributed by atoms with Crippen LogP contribution in [0.5, 0.6) is 0 Å². The van der Waals surface area contributed by atoms with Crippen LogP contribution in [0.1, 0.15) is 29.3 Å². The number of amides is 2. The molecule has 1 atom stereocenters. The fourth-order valence-electron chi connectivity index (χ4n) is 2.16. The second-order valence-electron chi connectivity index (χ2n) is 5.16. The Hall–Kier alpha value is -1.81. The molecule has 1 aromatic carbocycles. The van der Waals surface area contributed by atoms with Crippen LogP contribution in [0.15, 0.2) is 47.8 Å². The molecule has 0 bridgehead atoms. The molecule has 0 aliphatic heterocycles. The third kappa shape index (κ3) is 3.39. The summed E-state index contributed by atoms with van der Waals surface area (Å²) in [5.41, 5.74) is 1.11. The Morgan fingerprint density at radius 3 is 2.65 bits per heavy atom. The van der Waals surface area contributed by atoms with Crippen LogP contribution in [0.25, 0.3) is 0 Å². The van der Waals surface area contributed by atoms with Gasteiger partial charge in [-0.25, -0.2) is 4.79 Å². The Balaban J connectivity index is 1.70. The number of carbonyl (C=O) groups is 1. The van der Waals surface area contributed by atoms with Gasteiger partial charge in [0, 0.05) is 11.4 Å². The number of rotatable bonds is 5. The quantitative estimate of drug-likeness (QED) is 0.867. The van der Waals surface area contributed by atoms with E-state index >= 15 is 0 Å². The second-order valence-corrected chi connectivity index (χ2v) is 6.14. The largest absolute Gasteiger partial charge is 0.338 e. The summed E-state index contributed by atoms with van der Waals surface area (Å²) in [4.78, 5) is 13.2. The van der Waals surface area contributed by atoms with Gasteiger partial charge in [-0.05, 0) is 35.8 Å². The molecule has 1 saturated carbocycles. The first-order valence-electron chi connectivity index (χ1n) is 6.95. The zero-order chi connectivity index (χ0) is 13.8. The maximum atomic E-state index is 12.0. The number of hydrogen-bond donors (Lipinski definition) is 2. The summed E-state index contributed by atoms with van der Waals surface area (Å²) >= 11 is 1.66. The van der Waals surface area contributed by atoms with Gasteiger partial charge >= 0.3 is 6.03 Å². The van der Waals surface area contributed by atoms with Crippen molar-refractivity contribution >= 4 is 17.4 Å². The fraction of sp³-hybridized carbons (Fsp3) is 0.312.